The van der Waals surface area contributed by atoms with Gasteiger partial charge in [-0.15, -0.1) is 0 Å². The van der Waals surface area contributed by atoms with Gasteiger partial charge in [0.05, 0.1) is 16.3 Å². The summed E-state index contributed by atoms with van der Waals surface area (Å²) in [7, 11) is 0. The quantitative estimate of drug-likeness (QED) is 0.188. The standard InChI is InChI=1S/C25H23ClFNO3.C12H17Br/c1-13(2)15-9-7-10-16(14(3)4)21(15)24(29)23-18(25(30)31)12-19(26)22(28-23)17-8-5-6-11-20(17)27;1-8(2)10-6-5-7-11(9(3)4)12(10)13/h5-14H,1-4H3,(H,30,31);5-9H,1-4H3. The Morgan fingerprint density at radius 3 is 1.64 bits per heavy atom. The third kappa shape index (κ3) is 7.83. The number of rotatable bonds is 8. The summed E-state index contributed by atoms with van der Waals surface area (Å²) >= 11 is 9.94. The summed E-state index contributed by atoms with van der Waals surface area (Å²) < 4.78 is 15.7. The Labute approximate surface area is 273 Å². The number of nitrogens with zero attached hydrogens (tertiary/aromatic N) is 1. The van der Waals surface area contributed by atoms with Crippen molar-refractivity contribution < 1.29 is 19.1 Å². The first kappa shape index (κ1) is 35.1. The SMILES string of the molecule is CC(C)c1cccc(C(C)C)c1Br.CC(C)c1cccc(C(C)C)c1C(=O)c1nc(-c2ccccc2F)c(Cl)cc1C(=O)O. The average molecular weight is 681 g/mol. The largest absolute Gasteiger partial charge is 0.478 e. The third-order valence-corrected chi connectivity index (χ3v) is 8.66. The Bertz CT molecular complexity index is 1610. The number of ketones is 1. The van der Waals surface area contributed by atoms with Crippen molar-refractivity contribution in [1.82, 2.24) is 4.98 Å². The van der Waals surface area contributed by atoms with Gasteiger partial charge in [-0.25, -0.2) is 14.2 Å². The Kier molecular flexibility index (Phi) is 12.0. The Morgan fingerprint density at radius 2 is 1.20 bits per heavy atom. The lowest BCUT2D eigenvalue weighted by Crippen LogP contribution is -2.17. The predicted molar refractivity (Wildman–Crippen MR) is 182 cm³/mol. The first-order chi connectivity index (χ1) is 20.7. The summed E-state index contributed by atoms with van der Waals surface area (Å²) in [6.45, 7) is 16.8. The van der Waals surface area contributed by atoms with E-state index in [1.807, 2.05) is 45.9 Å². The van der Waals surface area contributed by atoms with Gasteiger partial charge in [0, 0.05) is 15.6 Å². The summed E-state index contributed by atoms with van der Waals surface area (Å²) in [5.74, 6) is -1.16. The van der Waals surface area contributed by atoms with Crippen molar-refractivity contribution in [2.24, 2.45) is 0 Å². The molecule has 4 nitrogen and oxygen atoms in total. The van der Waals surface area contributed by atoms with Crippen molar-refractivity contribution in [2.45, 2.75) is 79.1 Å². The number of hydrogen-bond acceptors (Lipinski definition) is 3. The second-order valence-electron chi connectivity index (χ2n) is 12.0. The van der Waals surface area contributed by atoms with Crippen LogP contribution in [0.4, 0.5) is 4.39 Å². The Balaban J connectivity index is 0.000000340. The minimum absolute atomic E-state index is 0.0289. The van der Waals surface area contributed by atoms with Crippen LogP contribution in [0.5, 0.6) is 0 Å². The lowest BCUT2D eigenvalue weighted by molar-refractivity contribution is 0.0692. The number of carboxylic acids is 1. The maximum Gasteiger partial charge on any atom is 0.338 e. The molecule has 0 fully saturated rings. The fraction of sp³-hybridized carbons (Fsp3) is 0.324. The van der Waals surface area contributed by atoms with Gasteiger partial charge in [0.15, 0.2) is 0 Å². The van der Waals surface area contributed by atoms with Gasteiger partial charge >= 0.3 is 5.97 Å². The summed E-state index contributed by atoms with van der Waals surface area (Å²) in [5, 5.41) is 9.69. The van der Waals surface area contributed by atoms with Crippen LogP contribution in [0.1, 0.15) is 128 Å². The predicted octanol–water partition coefficient (Wildman–Crippen LogP) is 11.4. The molecule has 0 aliphatic heterocycles. The number of aromatic nitrogens is 1. The summed E-state index contributed by atoms with van der Waals surface area (Å²) in [6.07, 6.45) is 0. The lowest BCUT2D eigenvalue weighted by atomic mass is 9.85. The first-order valence-electron chi connectivity index (χ1n) is 14.8. The molecule has 4 aromatic rings. The summed E-state index contributed by atoms with van der Waals surface area (Å²) in [4.78, 5) is 30.0. The highest BCUT2D eigenvalue weighted by Crippen LogP contribution is 2.34. The van der Waals surface area contributed by atoms with E-state index in [2.05, 4.69) is 66.8 Å². The molecule has 44 heavy (non-hydrogen) atoms. The number of carbonyl (C=O) groups is 2. The highest BCUT2D eigenvalue weighted by atomic mass is 79.9. The highest BCUT2D eigenvalue weighted by molar-refractivity contribution is 9.10. The van der Waals surface area contributed by atoms with Gasteiger partial charge in [-0.1, -0.05) is 131 Å². The normalized spacial score (nSPS) is 11.2. The van der Waals surface area contributed by atoms with Gasteiger partial charge in [0.25, 0.3) is 0 Å². The van der Waals surface area contributed by atoms with Gasteiger partial charge in [-0.2, -0.15) is 0 Å². The zero-order valence-electron chi connectivity index (χ0n) is 26.5. The number of hydrogen-bond donors (Lipinski definition) is 1. The number of aromatic carboxylic acids is 1. The van der Waals surface area contributed by atoms with Crippen LogP contribution in [-0.4, -0.2) is 21.8 Å². The Morgan fingerprint density at radius 1 is 0.750 bits per heavy atom. The zero-order valence-corrected chi connectivity index (χ0v) is 28.8. The Hall–Kier alpha value is -3.35. The molecule has 0 spiro atoms. The molecule has 0 unspecified atom stereocenters. The molecule has 1 N–H and O–H groups in total. The van der Waals surface area contributed by atoms with E-state index in [1.54, 1.807) is 6.07 Å². The van der Waals surface area contributed by atoms with Gasteiger partial charge < -0.3 is 5.11 Å². The summed E-state index contributed by atoms with van der Waals surface area (Å²) in [5.41, 5.74) is 4.41. The second-order valence-corrected chi connectivity index (χ2v) is 13.2. The fourth-order valence-corrected chi connectivity index (χ4v) is 6.49. The van der Waals surface area contributed by atoms with Gasteiger partial charge in [0.2, 0.25) is 5.78 Å². The van der Waals surface area contributed by atoms with Gasteiger partial charge in [0.1, 0.15) is 11.5 Å². The molecule has 0 bridgehead atoms. The molecule has 0 amide bonds. The lowest BCUT2D eigenvalue weighted by Gasteiger charge is -2.19. The topological polar surface area (TPSA) is 67.3 Å². The molecule has 0 saturated carbocycles. The first-order valence-corrected chi connectivity index (χ1v) is 16.0. The molecular formula is C37H40BrClFNO3. The zero-order chi connectivity index (χ0) is 32.9. The highest BCUT2D eigenvalue weighted by Gasteiger charge is 2.28. The van der Waals surface area contributed by atoms with Crippen molar-refractivity contribution >= 4 is 39.3 Å². The third-order valence-electron chi connectivity index (χ3n) is 7.45. The van der Waals surface area contributed by atoms with E-state index in [-0.39, 0.29) is 39.4 Å². The molecular weight excluding hydrogens is 641 g/mol. The molecule has 0 radical (unpaired) electrons. The van der Waals surface area contributed by atoms with Crippen LogP contribution in [0.25, 0.3) is 11.3 Å². The van der Waals surface area contributed by atoms with Gasteiger partial charge in [-0.3, -0.25) is 4.79 Å². The molecule has 1 aromatic heterocycles. The number of halogens is 3. The van der Waals surface area contributed by atoms with Crippen molar-refractivity contribution in [1.29, 1.82) is 0 Å². The van der Waals surface area contributed by atoms with E-state index >= 15 is 0 Å². The monoisotopic (exact) mass is 679 g/mol. The summed E-state index contributed by atoms with van der Waals surface area (Å²) in [6, 6.07) is 19.2. The van der Waals surface area contributed by atoms with E-state index < -0.39 is 17.6 Å². The van der Waals surface area contributed by atoms with Crippen LogP contribution in [0.15, 0.2) is 71.2 Å². The van der Waals surface area contributed by atoms with Crippen LogP contribution >= 0.6 is 27.5 Å². The number of benzene rings is 3. The minimum Gasteiger partial charge on any atom is -0.478 e. The van der Waals surface area contributed by atoms with E-state index in [9.17, 15) is 19.1 Å². The van der Waals surface area contributed by atoms with Gasteiger partial charge in [-0.05, 0) is 64.1 Å². The van der Waals surface area contributed by atoms with Crippen LogP contribution in [0.3, 0.4) is 0 Å². The van der Waals surface area contributed by atoms with Crippen LogP contribution < -0.4 is 0 Å². The number of carbonyl (C=O) groups excluding carboxylic acids is 1. The smallest absolute Gasteiger partial charge is 0.338 e. The van der Waals surface area contributed by atoms with Crippen LogP contribution in [0, 0.1) is 5.82 Å². The van der Waals surface area contributed by atoms with E-state index in [4.69, 9.17) is 11.6 Å². The van der Waals surface area contributed by atoms with E-state index in [1.165, 1.54) is 39.9 Å². The molecule has 3 aromatic carbocycles. The molecule has 0 aliphatic rings. The van der Waals surface area contributed by atoms with Crippen molar-refractivity contribution in [3.63, 3.8) is 0 Å². The number of carboxylic acid groups (broad SMARTS) is 1. The van der Waals surface area contributed by atoms with Crippen LogP contribution in [-0.2, 0) is 0 Å². The van der Waals surface area contributed by atoms with Crippen molar-refractivity contribution in [2.75, 3.05) is 0 Å². The molecule has 0 atom stereocenters. The molecule has 0 aliphatic carbocycles. The molecule has 232 valence electrons. The average Bonchev–Trinajstić information content (AvgIpc) is 2.96. The number of pyridine rings is 1. The van der Waals surface area contributed by atoms with Crippen molar-refractivity contribution in [3.05, 3.63) is 121 Å². The molecule has 1 heterocycles. The maximum absolute atomic E-state index is 14.4. The van der Waals surface area contributed by atoms with E-state index in [0.29, 0.717) is 17.4 Å². The fourth-order valence-electron chi connectivity index (χ4n) is 5.06. The van der Waals surface area contributed by atoms with Crippen LogP contribution in [0.2, 0.25) is 5.02 Å². The molecule has 4 rings (SSSR count). The maximum atomic E-state index is 14.4. The minimum atomic E-state index is -1.33. The van der Waals surface area contributed by atoms with Crippen molar-refractivity contribution in [3.8, 4) is 11.3 Å². The van der Waals surface area contributed by atoms with E-state index in [0.717, 1.165) is 11.1 Å². The molecule has 7 heteroatoms. The molecule has 0 saturated heterocycles. The second kappa shape index (κ2) is 15.1.